The van der Waals surface area contributed by atoms with E-state index in [2.05, 4.69) is 32.2 Å². The number of likely N-dealkylation sites (tertiary alicyclic amines) is 1. The van der Waals surface area contributed by atoms with Crippen molar-refractivity contribution in [2.45, 2.75) is 39.7 Å². The van der Waals surface area contributed by atoms with E-state index in [1.807, 2.05) is 18.5 Å². The molecule has 3 rings (SSSR count). The lowest BCUT2D eigenvalue weighted by molar-refractivity contribution is 0.0315. The minimum absolute atomic E-state index is 0. The zero-order valence-electron chi connectivity index (χ0n) is 17.6. The van der Waals surface area contributed by atoms with E-state index >= 15 is 0 Å². The molecular formula is C19H36IN7O. The largest absolute Gasteiger partial charge is 0.379 e. The smallest absolute Gasteiger partial charge is 0.194 e. The molecule has 0 aliphatic carbocycles. The Morgan fingerprint density at radius 1 is 1.25 bits per heavy atom. The van der Waals surface area contributed by atoms with E-state index in [9.17, 15) is 0 Å². The fourth-order valence-corrected chi connectivity index (χ4v) is 3.70. The lowest BCUT2D eigenvalue weighted by Gasteiger charge is -2.29. The number of aryl methyl sites for hydroxylation is 1. The van der Waals surface area contributed by atoms with E-state index in [1.165, 1.54) is 19.4 Å². The van der Waals surface area contributed by atoms with Crippen LogP contribution < -0.4 is 5.32 Å². The van der Waals surface area contributed by atoms with Gasteiger partial charge < -0.3 is 19.5 Å². The summed E-state index contributed by atoms with van der Waals surface area (Å²) >= 11 is 0. The van der Waals surface area contributed by atoms with Gasteiger partial charge in [0.15, 0.2) is 11.8 Å². The van der Waals surface area contributed by atoms with E-state index in [4.69, 9.17) is 9.73 Å². The van der Waals surface area contributed by atoms with Gasteiger partial charge in [0, 0.05) is 46.3 Å². The van der Waals surface area contributed by atoms with Crippen molar-refractivity contribution in [2.75, 3.05) is 52.5 Å². The second-order valence-electron chi connectivity index (χ2n) is 7.66. The Hall–Kier alpha value is -0.940. The van der Waals surface area contributed by atoms with Crippen molar-refractivity contribution in [1.29, 1.82) is 0 Å². The molecule has 9 heteroatoms. The monoisotopic (exact) mass is 505 g/mol. The maximum atomic E-state index is 5.47. The highest BCUT2D eigenvalue weighted by atomic mass is 127. The van der Waals surface area contributed by atoms with Crippen LogP contribution in [0.1, 0.15) is 37.8 Å². The average molecular weight is 505 g/mol. The van der Waals surface area contributed by atoms with Crippen LogP contribution in [0.15, 0.2) is 4.99 Å². The van der Waals surface area contributed by atoms with Gasteiger partial charge in [-0.15, -0.1) is 34.2 Å². The number of ether oxygens (including phenoxy) is 1. The first kappa shape index (κ1) is 23.3. The number of hydrogen-bond donors (Lipinski definition) is 1. The van der Waals surface area contributed by atoms with E-state index in [0.717, 1.165) is 70.0 Å². The molecule has 1 aromatic rings. The number of morpholine rings is 1. The second kappa shape index (κ2) is 11.9. The van der Waals surface area contributed by atoms with Gasteiger partial charge in [0.05, 0.1) is 13.2 Å². The van der Waals surface area contributed by atoms with E-state index in [1.54, 1.807) is 0 Å². The molecule has 0 radical (unpaired) electrons. The van der Waals surface area contributed by atoms with Crippen LogP contribution >= 0.6 is 24.0 Å². The molecular weight excluding hydrogens is 469 g/mol. The molecule has 2 aliphatic heterocycles. The average Bonchev–Trinajstić information content (AvgIpc) is 3.27. The molecule has 28 heavy (non-hydrogen) atoms. The first-order chi connectivity index (χ1) is 13.2. The standard InChI is InChI=1S/C19H35N7O.HI/c1-4-5-7-20-19(21-13-18-23-22-16(2)24(18)3)26-8-6-17(15-26)14-25-9-11-27-12-10-25;/h17H,4-15H2,1-3H3,(H,20,21);1H. The molecule has 8 nitrogen and oxygen atoms in total. The number of aromatic nitrogens is 3. The molecule has 0 amide bonds. The first-order valence-electron chi connectivity index (χ1n) is 10.4. The Morgan fingerprint density at radius 2 is 2.04 bits per heavy atom. The molecule has 2 fully saturated rings. The molecule has 3 heterocycles. The van der Waals surface area contributed by atoms with Crippen LogP contribution in [0.4, 0.5) is 0 Å². The summed E-state index contributed by atoms with van der Waals surface area (Å²) in [5, 5.41) is 11.9. The predicted octanol–water partition coefficient (Wildman–Crippen LogP) is 1.64. The minimum atomic E-state index is 0. The number of unbranched alkanes of at least 4 members (excludes halogenated alkanes) is 1. The Kier molecular flexibility index (Phi) is 9.93. The quantitative estimate of drug-likeness (QED) is 0.263. The lowest BCUT2D eigenvalue weighted by atomic mass is 10.1. The van der Waals surface area contributed by atoms with Gasteiger partial charge in [-0.3, -0.25) is 4.90 Å². The Bertz CT molecular complexity index is 615. The van der Waals surface area contributed by atoms with Gasteiger partial charge in [0.2, 0.25) is 0 Å². The maximum Gasteiger partial charge on any atom is 0.194 e. The summed E-state index contributed by atoms with van der Waals surface area (Å²) in [6.45, 7) is 12.9. The van der Waals surface area contributed by atoms with Gasteiger partial charge in [-0.25, -0.2) is 4.99 Å². The molecule has 1 aromatic heterocycles. The fraction of sp³-hybridized carbons (Fsp3) is 0.842. The Balaban J connectivity index is 0.00000280. The van der Waals surface area contributed by atoms with Crippen molar-refractivity contribution in [2.24, 2.45) is 18.0 Å². The lowest BCUT2D eigenvalue weighted by Crippen LogP contribution is -2.42. The fourth-order valence-electron chi connectivity index (χ4n) is 3.70. The number of aliphatic imine (C=N–C) groups is 1. The van der Waals surface area contributed by atoms with Gasteiger partial charge in [-0.05, 0) is 25.7 Å². The molecule has 1 atom stereocenters. The highest BCUT2D eigenvalue weighted by Gasteiger charge is 2.27. The van der Waals surface area contributed by atoms with E-state index in [0.29, 0.717) is 12.5 Å². The number of halogens is 1. The molecule has 0 aromatic carbocycles. The number of guanidine groups is 1. The van der Waals surface area contributed by atoms with Crippen LogP contribution in [0, 0.1) is 12.8 Å². The van der Waals surface area contributed by atoms with Crippen molar-refractivity contribution >= 4 is 29.9 Å². The van der Waals surface area contributed by atoms with Crippen molar-refractivity contribution in [1.82, 2.24) is 29.9 Å². The van der Waals surface area contributed by atoms with Crippen molar-refractivity contribution in [3.05, 3.63) is 11.6 Å². The molecule has 0 bridgehead atoms. The van der Waals surface area contributed by atoms with Crippen LogP contribution in [0.5, 0.6) is 0 Å². The molecule has 160 valence electrons. The summed E-state index contributed by atoms with van der Waals surface area (Å²) in [6.07, 6.45) is 3.57. The second-order valence-corrected chi connectivity index (χ2v) is 7.66. The molecule has 0 spiro atoms. The molecule has 2 saturated heterocycles. The van der Waals surface area contributed by atoms with E-state index < -0.39 is 0 Å². The summed E-state index contributed by atoms with van der Waals surface area (Å²) in [4.78, 5) is 9.84. The molecule has 0 saturated carbocycles. The maximum absolute atomic E-state index is 5.47. The van der Waals surface area contributed by atoms with Crippen LogP contribution in [0.2, 0.25) is 0 Å². The Labute approximate surface area is 186 Å². The first-order valence-corrected chi connectivity index (χ1v) is 10.4. The third-order valence-corrected chi connectivity index (χ3v) is 5.57. The highest BCUT2D eigenvalue weighted by molar-refractivity contribution is 14.0. The zero-order valence-corrected chi connectivity index (χ0v) is 19.9. The topological polar surface area (TPSA) is 70.8 Å². The molecule has 2 aliphatic rings. The minimum Gasteiger partial charge on any atom is -0.379 e. The summed E-state index contributed by atoms with van der Waals surface area (Å²) in [7, 11) is 2.00. The highest BCUT2D eigenvalue weighted by Crippen LogP contribution is 2.18. The van der Waals surface area contributed by atoms with Gasteiger partial charge in [0.1, 0.15) is 12.4 Å². The third-order valence-electron chi connectivity index (χ3n) is 5.57. The molecule has 1 N–H and O–H groups in total. The zero-order chi connectivity index (χ0) is 19.1. The van der Waals surface area contributed by atoms with E-state index in [-0.39, 0.29) is 24.0 Å². The van der Waals surface area contributed by atoms with Crippen molar-refractivity contribution in [3.63, 3.8) is 0 Å². The predicted molar refractivity (Wildman–Crippen MR) is 122 cm³/mol. The van der Waals surface area contributed by atoms with Crippen LogP contribution in [-0.4, -0.2) is 83.0 Å². The summed E-state index contributed by atoms with van der Waals surface area (Å²) in [6, 6.07) is 0. The van der Waals surface area contributed by atoms with Crippen molar-refractivity contribution in [3.8, 4) is 0 Å². The summed E-state index contributed by atoms with van der Waals surface area (Å²) < 4.78 is 7.48. The number of hydrogen-bond acceptors (Lipinski definition) is 5. The summed E-state index contributed by atoms with van der Waals surface area (Å²) in [5.74, 6) is 3.56. The van der Waals surface area contributed by atoms with Crippen molar-refractivity contribution < 1.29 is 4.74 Å². The van der Waals surface area contributed by atoms with Gasteiger partial charge in [-0.1, -0.05) is 13.3 Å². The number of rotatable bonds is 7. The van der Waals surface area contributed by atoms with Gasteiger partial charge in [-0.2, -0.15) is 0 Å². The van der Waals surface area contributed by atoms with Gasteiger partial charge >= 0.3 is 0 Å². The number of nitrogens with zero attached hydrogens (tertiary/aromatic N) is 6. The molecule has 1 unspecified atom stereocenters. The third kappa shape index (κ3) is 6.55. The SMILES string of the molecule is CCCCNC(=NCc1nnc(C)n1C)N1CCC(CN2CCOCC2)C1.I. The van der Waals surface area contributed by atoms with Crippen LogP contribution in [0.3, 0.4) is 0 Å². The van der Waals surface area contributed by atoms with Crippen LogP contribution in [0.25, 0.3) is 0 Å². The summed E-state index contributed by atoms with van der Waals surface area (Å²) in [5.41, 5.74) is 0. The van der Waals surface area contributed by atoms with Crippen LogP contribution in [-0.2, 0) is 18.3 Å². The normalized spacial score (nSPS) is 21.0. The Morgan fingerprint density at radius 3 is 2.71 bits per heavy atom. The number of nitrogens with one attached hydrogen (secondary N) is 1. The van der Waals surface area contributed by atoms with Gasteiger partial charge in [0.25, 0.3) is 0 Å².